The molecule has 8 heteroatoms. The average Bonchev–Trinajstić information content (AvgIpc) is 2.46. The Hall–Kier alpha value is -0.630. The van der Waals surface area contributed by atoms with Crippen LogP contribution in [0, 0.1) is 0 Å². The third-order valence-corrected chi connectivity index (χ3v) is 1.81. The second-order valence-corrected chi connectivity index (χ2v) is 2.87. The Morgan fingerprint density at radius 2 is 2.43 bits per heavy atom. The van der Waals surface area contributed by atoms with E-state index >= 15 is 0 Å². The number of nitrogens with zero attached hydrogens (tertiary/aromatic N) is 2. The molecule has 0 spiro atoms. The van der Waals surface area contributed by atoms with Gasteiger partial charge in [-0.2, -0.15) is 0 Å². The van der Waals surface area contributed by atoms with Gasteiger partial charge in [-0.3, -0.25) is 0 Å². The number of thiazole rings is 1. The first-order chi connectivity index (χ1) is 6.15. The number of nitrogen functional groups attached to an aromatic ring is 1. The molecule has 0 radical (unpaired) electrons. The predicted molar refractivity (Wildman–Crippen MR) is 45.1 cm³/mol. The van der Waals surface area contributed by atoms with Crippen LogP contribution < -0.4 is 40.4 Å². The number of hydrogen-bond acceptors (Lipinski definition) is 7. The first kappa shape index (κ1) is 13.4. The number of carboxylic acids is 1. The summed E-state index contributed by atoms with van der Waals surface area (Å²) in [6.45, 7) is 0. The van der Waals surface area contributed by atoms with Gasteiger partial charge in [0.15, 0.2) is 10.8 Å². The van der Waals surface area contributed by atoms with Crippen LogP contribution in [-0.2, 0) is 9.63 Å². The van der Waals surface area contributed by atoms with Crippen molar-refractivity contribution in [2.45, 2.75) is 0 Å². The number of carboxylic acid groups (broad SMARTS) is 1. The van der Waals surface area contributed by atoms with Gasteiger partial charge < -0.3 is 20.5 Å². The monoisotopic (exact) mass is 223 g/mol. The molecule has 0 bridgehead atoms. The van der Waals surface area contributed by atoms with E-state index in [-0.39, 0.29) is 46.1 Å². The summed E-state index contributed by atoms with van der Waals surface area (Å²) in [5.74, 6) is -1.45. The van der Waals surface area contributed by atoms with E-state index < -0.39 is 5.97 Å². The van der Waals surface area contributed by atoms with Gasteiger partial charge in [-0.1, -0.05) is 5.16 Å². The van der Waals surface area contributed by atoms with Crippen molar-refractivity contribution in [3.8, 4) is 0 Å². The van der Waals surface area contributed by atoms with Gasteiger partial charge in [0.2, 0.25) is 0 Å². The Balaban J connectivity index is 0.00000169. The molecule has 14 heavy (non-hydrogen) atoms. The number of anilines is 1. The van der Waals surface area contributed by atoms with Gasteiger partial charge in [-0.25, -0.2) is 4.98 Å². The Labute approximate surface area is 106 Å². The minimum absolute atomic E-state index is 0. The van der Waals surface area contributed by atoms with Crippen LogP contribution in [0.15, 0.2) is 10.5 Å². The maximum Gasteiger partial charge on any atom is 1.00 e. The van der Waals surface area contributed by atoms with Gasteiger partial charge in [0.25, 0.3) is 0 Å². The van der Waals surface area contributed by atoms with Crippen molar-refractivity contribution < 1.29 is 44.3 Å². The van der Waals surface area contributed by atoms with E-state index in [1.165, 1.54) is 12.5 Å². The number of aliphatic carboxylic acids is 1. The van der Waals surface area contributed by atoms with Crippen molar-refractivity contribution in [2.24, 2.45) is 5.16 Å². The maximum atomic E-state index is 10.5. The molecular formula is C6H6N3NaO3S. The SMILES string of the molecule is CO/N=C(\C(=O)[O-])c1csc(N)n1.[Na+]. The molecule has 1 aromatic heterocycles. The zero-order chi connectivity index (χ0) is 9.84. The zero-order valence-corrected chi connectivity index (χ0v) is 10.5. The van der Waals surface area contributed by atoms with Crippen LogP contribution in [0.4, 0.5) is 5.13 Å². The molecule has 0 saturated carbocycles. The first-order valence-electron chi connectivity index (χ1n) is 3.19. The Kier molecular flexibility index (Phi) is 5.70. The van der Waals surface area contributed by atoms with Crippen LogP contribution in [0.25, 0.3) is 0 Å². The molecule has 0 aliphatic heterocycles. The second-order valence-electron chi connectivity index (χ2n) is 1.98. The number of nitrogens with two attached hydrogens (primary N) is 1. The smallest absolute Gasteiger partial charge is 0.543 e. The summed E-state index contributed by atoms with van der Waals surface area (Å²) in [6.07, 6.45) is 0. The van der Waals surface area contributed by atoms with E-state index in [4.69, 9.17) is 5.73 Å². The fourth-order valence-electron chi connectivity index (χ4n) is 0.676. The fraction of sp³-hybridized carbons (Fsp3) is 0.167. The van der Waals surface area contributed by atoms with E-state index in [0.717, 1.165) is 11.3 Å². The van der Waals surface area contributed by atoms with Gasteiger partial charge in [0.05, 0.1) is 5.97 Å². The molecule has 70 valence electrons. The third kappa shape index (κ3) is 3.26. The van der Waals surface area contributed by atoms with Crippen LogP contribution in [0.3, 0.4) is 0 Å². The van der Waals surface area contributed by atoms with Crippen LogP contribution in [0.5, 0.6) is 0 Å². The number of carbonyl (C=O) groups excluding carboxylic acids is 1. The van der Waals surface area contributed by atoms with Crippen molar-refractivity contribution in [1.29, 1.82) is 0 Å². The second kappa shape index (κ2) is 5.97. The van der Waals surface area contributed by atoms with E-state index in [2.05, 4.69) is 15.0 Å². The van der Waals surface area contributed by atoms with Crippen molar-refractivity contribution in [3.05, 3.63) is 11.1 Å². The van der Waals surface area contributed by atoms with Gasteiger partial charge >= 0.3 is 29.6 Å². The van der Waals surface area contributed by atoms with E-state index in [0.29, 0.717) is 0 Å². The number of oxime groups is 1. The van der Waals surface area contributed by atoms with E-state index in [9.17, 15) is 9.90 Å². The Morgan fingerprint density at radius 1 is 1.79 bits per heavy atom. The minimum atomic E-state index is -1.45. The van der Waals surface area contributed by atoms with Crippen molar-refractivity contribution in [2.75, 3.05) is 12.8 Å². The van der Waals surface area contributed by atoms with Crippen molar-refractivity contribution in [3.63, 3.8) is 0 Å². The number of aromatic nitrogens is 1. The number of hydrogen-bond donors (Lipinski definition) is 1. The Morgan fingerprint density at radius 3 is 2.79 bits per heavy atom. The van der Waals surface area contributed by atoms with Crippen LogP contribution in [-0.4, -0.2) is 23.8 Å². The maximum absolute atomic E-state index is 10.5. The molecule has 0 aromatic carbocycles. The van der Waals surface area contributed by atoms with Gasteiger partial charge in [-0.05, 0) is 0 Å². The quantitative estimate of drug-likeness (QED) is 0.318. The van der Waals surface area contributed by atoms with Crippen molar-refractivity contribution in [1.82, 2.24) is 4.98 Å². The third-order valence-electron chi connectivity index (χ3n) is 1.14. The molecule has 0 aliphatic rings. The fourth-order valence-corrected chi connectivity index (χ4v) is 1.22. The molecule has 0 unspecified atom stereocenters. The topological polar surface area (TPSA) is 101 Å². The normalized spacial score (nSPS) is 10.5. The molecule has 1 heterocycles. The molecule has 6 nitrogen and oxygen atoms in total. The number of rotatable bonds is 3. The molecule has 0 saturated heterocycles. The summed E-state index contributed by atoms with van der Waals surface area (Å²) in [6, 6.07) is 0. The standard InChI is InChI=1S/C6H7N3O3S.Na/c1-12-9-4(5(10)11)3-2-13-6(7)8-3;/h2H,1H3,(H2,7,8)(H,10,11);/q;+1/p-1/b9-4-;. The average molecular weight is 223 g/mol. The number of carbonyl (C=O) groups is 1. The summed E-state index contributed by atoms with van der Waals surface area (Å²) >= 11 is 1.12. The Bertz CT molecular complexity index is 352. The molecule has 0 atom stereocenters. The summed E-state index contributed by atoms with van der Waals surface area (Å²) in [5.41, 5.74) is 5.09. The summed E-state index contributed by atoms with van der Waals surface area (Å²) in [4.78, 5) is 18.5. The molecule has 0 fully saturated rings. The molecule has 0 amide bonds. The van der Waals surface area contributed by atoms with E-state index in [1.54, 1.807) is 0 Å². The van der Waals surface area contributed by atoms with Crippen LogP contribution in [0.1, 0.15) is 5.69 Å². The van der Waals surface area contributed by atoms with Gasteiger partial charge in [0.1, 0.15) is 12.8 Å². The summed E-state index contributed by atoms with van der Waals surface area (Å²) < 4.78 is 0. The molecule has 0 aliphatic carbocycles. The minimum Gasteiger partial charge on any atom is -0.543 e. The first-order valence-corrected chi connectivity index (χ1v) is 4.07. The van der Waals surface area contributed by atoms with Crippen LogP contribution >= 0.6 is 11.3 Å². The van der Waals surface area contributed by atoms with E-state index in [1.807, 2.05) is 0 Å². The van der Waals surface area contributed by atoms with Gasteiger partial charge in [-0.15, -0.1) is 11.3 Å². The summed E-state index contributed by atoms with van der Waals surface area (Å²) in [5, 5.41) is 15.5. The van der Waals surface area contributed by atoms with Crippen molar-refractivity contribution >= 4 is 28.1 Å². The largest absolute Gasteiger partial charge is 1.00 e. The molecular weight excluding hydrogens is 217 g/mol. The van der Waals surface area contributed by atoms with Crippen LogP contribution in [0.2, 0.25) is 0 Å². The zero-order valence-electron chi connectivity index (χ0n) is 7.68. The predicted octanol–water partition coefficient (Wildman–Crippen LogP) is -4.17. The van der Waals surface area contributed by atoms with Gasteiger partial charge in [0, 0.05) is 5.38 Å². The molecule has 1 aromatic rings. The molecule has 1 rings (SSSR count). The summed E-state index contributed by atoms with van der Waals surface area (Å²) in [7, 11) is 1.23. The molecule has 2 N–H and O–H groups in total.